The van der Waals surface area contributed by atoms with Crippen molar-refractivity contribution in [2.75, 3.05) is 0 Å². The second-order valence-corrected chi connectivity index (χ2v) is 3.51. The number of hydrogen-bond donors (Lipinski definition) is 2. The van der Waals surface area contributed by atoms with Crippen LogP contribution in [-0.4, -0.2) is 17.1 Å². The second kappa shape index (κ2) is 8.05. The molecule has 1 rings (SSSR count). The van der Waals surface area contributed by atoms with Gasteiger partial charge in [0.15, 0.2) is 0 Å². The van der Waals surface area contributed by atoms with Gasteiger partial charge in [-0.05, 0) is 19.3 Å². The number of unbranched alkanes of at least 4 members (excludes halogenated alkanes) is 1. The van der Waals surface area contributed by atoms with Crippen molar-refractivity contribution < 1.29 is 9.90 Å². The van der Waals surface area contributed by atoms with Crippen molar-refractivity contribution in [3.8, 4) is 0 Å². The first kappa shape index (κ1) is 12.4. The normalized spacial score (nSPS) is 16.5. The van der Waals surface area contributed by atoms with Gasteiger partial charge in [0, 0.05) is 6.42 Å². The second-order valence-electron chi connectivity index (χ2n) is 3.51. The van der Waals surface area contributed by atoms with E-state index < -0.39 is 0 Å². The van der Waals surface area contributed by atoms with Crippen LogP contribution in [0.5, 0.6) is 0 Å². The summed E-state index contributed by atoms with van der Waals surface area (Å²) in [6, 6.07) is 0. The zero-order valence-electron chi connectivity index (χ0n) is 8.46. The third-order valence-corrected chi connectivity index (χ3v) is 2.10. The third-order valence-electron chi connectivity index (χ3n) is 2.10. The van der Waals surface area contributed by atoms with Crippen LogP contribution in [0, 0.1) is 0 Å². The lowest BCUT2D eigenvalue weighted by molar-refractivity contribution is -0.118. The largest absolute Gasteiger partial charge is 0.393 e. The maximum absolute atomic E-state index is 9.98. The minimum Gasteiger partial charge on any atom is -0.393 e. The lowest BCUT2D eigenvalue weighted by atomic mass is 10.2. The average molecular weight is 187 g/mol. The van der Waals surface area contributed by atoms with Gasteiger partial charge in [-0.15, -0.1) is 0 Å². The summed E-state index contributed by atoms with van der Waals surface area (Å²) in [5.74, 6) is -0.193. The van der Waals surface area contributed by atoms with Crippen LogP contribution in [0.25, 0.3) is 0 Å². The molecule has 1 aliphatic rings. The molecule has 3 heteroatoms. The number of nitrogens with two attached hydrogens (primary N) is 1. The van der Waals surface area contributed by atoms with Crippen LogP contribution in [0.15, 0.2) is 0 Å². The standard InChI is InChI=1S/C5H11NO.C5H10O/c1-2-3-4-5(6)7;6-5-3-1-2-4-5/h2-4H2,1H3,(H2,6,7);5-6H,1-4H2. The van der Waals surface area contributed by atoms with Crippen molar-refractivity contribution in [2.45, 2.75) is 58.0 Å². The summed E-state index contributed by atoms with van der Waals surface area (Å²) in [5, 5.41) is 8.73. The quantitative estimate of drug-likeness (QED) is 0.704. The molecule has 1 fully saturated rings. The fraction of sp³-hybridized carbons (Fsp3) is 0.900. The SMILES string of the molecule is CCCCC(N)=O.OC1CCCC1. The Hall–Kier alpha value is -0.570. The van der Waals surface area contributed by atoms with E-state index in [1.54, 1.807) is 0 Å². The van der Waals surface area contributed by atoms with Gasteiger partial charge in [-0.2, -0.15) is 0 Å². The molecule has 3 N–H and O–H groups in total. The molecule has 0 atom stereocenters. The van der Waals surface area contributed by atoms with Crippen molar-refractivity contribution in [3.63, 3.8) is 0 Å². The van der Waals surface area contributed by atoms with Crippen LogP contribution >= 0.6 is 0 Å². The Morgan fingerprint density at radius 1 is 1.46 bits per heavy atom. The van der Waals surface area contributed by atoms with E-state index in [1.807, 2.05) is 6.92 Å². The van der Waals surface area contributed by atoms with Crippen LogP contribution < -0.4 is 5.73 Å². The van der Waals surface area contributed by atoms with Gasteiger partial charge in [-0.3, -0.25) is 4.79 Å². The molecule has 0 saturated heterocycles. The molecule has 0 bridgehead atoms. The fourth-order valence-electron chi connectivity index (χ4n) is 1.26. The van der Waals surface area contributed by atoms with Gasteiger partial charge in [0.2, 0.25) is 5.91 Å². The molecule has 0 spiro atoms. The monoisotopic (exact) mass is 187 g/mol. The number of amides is 1. The first-order chi connectivity index (χ1) is 6.16. The lowest BCUT2D eigenvalue weighted by Gasteiger charge is -1.91. The van der Waals surface area contributed by atoms with Crippen molar-refractivity contribution >= 4 is 5.91 Å². The van der Waals surface area contributed by atoms with Crippen LogP contribution in [0.1, 0.15) is 51.9 Å². The summed E-state index contributed by atoms with van der Waals surface area (Å²) in [5.41, 5.74) is 4.84. The van der Waals surface area contributed by atoms with Gasteiger partial charge < -0.3 is 10.8 Å². The first-order valence-corrected chi connectivity index (χ1v) is 5.13. The van der Waals surface area contributed by atoms with Gasteiger partial charge in [-0.1, -0.05) is 26.2 Å². The smallest absolute Gasteiger partial charge is 0.217 e. The summed E-state index contributed by atoms with van der Waals surface area (Å²) in [7, 11) is 0. The molecule has 0 aromatic carbocycles. The van der Waals surface area contributed by atoms with Crippen molar-refractivity contribution in [1.82, 2.24) is 0 Å². The highest BCUT2D eigenvalue weighted by atomic mass is 16.3. The molecule has 0 heterocycles. The number of primary amides is 1. The molecule has 1 amide bonds. The zero-order chi connectivity index (χ0) is 10.1. The van der Waals surface area contributed by atoms with E-state index in [0.717, 1.165) is 25.7 Å². The minimum absolute atomic E-state index is 0.0463. The molecule has 0 radical (unpaired) electrons. The molecule has 3 nitrogen and oxygen atoms in total. The van der Waals surface area contributed by atoms with E-state index in [1.165, 1.54) is 12.8 Å². The van der Waals surface area contributed by atoms with Gasteiger partial charge in [-0.25, -0.2) is 0 Å². The Balaban J connectivity index is 0.000000223. The van der Waals surface area contributed by atoms with E-state index in [0.29, 0.717) is 6.42 Å². The zero-order valence-corrected chi connectivity index (χ0v) is 8.46. The molecular weight excluding hydrogens is 166 g/mol. The first-order valence-electron chi connectivity index (χ1n) is 5.13. The predicted molar refractivity (Wildman–Crippen MR) is 53.2 cm³/mol. The van der Waals surface area contributed by atoms with Crippen molar-refractivity contribution in [2.24, 2.45) is 5.73 Å². The fourth-order valence-corrected chi connectivity index (χ4v) is 1.26. The van der Waals surface area contributed by atoms with Gasteiger partial charge in [0.05, 0.1) is 6.10 Å². The molecule has 0 unspecified atom stereocenters. The topological polar surface area (TPSA) is 63.3 Å². The van der Waals surface area contributed by atoms with E-state index in [9.17, 15) is 4.79 Å². The van der Waals surface area contributed by atoms with E-state index in [-0.39, 0.29) is 12.0 Å². The van der Waals surface area contributed by atoms with Crippen molar-refractivity contribution in [1.29, 1.82) is 0 Å². The third kappa shape index (κ3) is 9.34. The number of aliphatic hydroxyl groups is 1. The average Bonchev–Trinajstić information content (AvgIpc) is 2.53. The highest BCUT2D eigenvalue weighted by Gasteiger charge is 2.09. The van der Waals surface area contributed by atoms with Crippen LogP contribution in [0.3, 0.4) is 0 Å². The Labute approximate surface area is 80.3 Å². The number of hydrogen-bond acceptors (Lipinski definition) is 2. The van der Waals surface area contributed by atoms with Crippen molar-refractivity contribution in [3.05, 3.63) is 0 Å². The van der Waals surface area contributed by atoms with Crippen LogP contribution in [0.4, 0.5) is 0 Å². The minimum atomic E-state index is -0.193. The van der Waals surface area contributed by atoms with Crippen LogP contribution in [0.2, 0.25) is 0 Å². The molecule has 0 aromatic heterocycles. The van der Waals surface area contributed by atoms with Crippen LogP contribution in [-0.2, 0) is 4.79 Å². The lowest BCUT2D eigenvalue weighted by Crippen LogP contribution is -2.09. The van der Waals surface area contributed by atoms with E-state index >= 15 is 0 Å². The maximum Gasteiger partial charge on any atom is 0.217 e. The van der Waals surface area contributed by atoms with Gasteiger partial charge in [0.1, 0.15) is 0 Å². The summed E-state index contributed by atoms with van der Waals surface area (Å²) in [6.45, 7) is 2.03. The van der Waals surface area contributed by atoms with Gasteiger partial charge >= 0.3 is 0 Å². The molecule has 0 aliphatic heterocycles. The highest BCUT2D eigenvalue weighted by Crippen LogP contribution is 2.16. The molecule has 1 saturated carbocycles. The summed E-state index contributed by atoms with van der Waals surface area (Å²) < 4.78 is 0. The van der Waals surface area contributed by atoms with Gasteiger partial charge in [0.25, 0.3) is 0 Å². The molecular formula is C10H21NO2. The number of carbonyl (C=O) groups excluding carboxylic acids is 1. The maximum atomic E-state index is 9.98. The summed E-state index contributed by atoms with van der Waals surface area (Å²) in [6.07, 6.45) is 7.11. The molecule has 0 aromatic rings. The van der Waals surface area contributed by atoms with E-state index in [2.05, 4.69) is 0 Å². The van der Waals surface area contributed by atoms with E-state index in [4.69, 9.17) is 10.8 Å². The Bertz CT molecular complexity index is 131. The number of carbonyl (C=O) groups is 1. The molecule has 78 valence electrons. The summed E-state index contributed by atoms with van der Waals surface area (Å²) >= 11 is 0. The highest BCUT2D eigenvalue weighted by molar-refractivity contribution is 5.73. The number of rotatable bonds is 3. The predicted octanol–water partition coefficient (Wildman–Crippen LogP) is 1.58. The summed E-state index contributed by atoms with van der Waals surface area (Å²) in [4.78, 5) is 9.98. The Morgan fingerprint density at radius 3 is 2.15 bits per heavy atom. The molecule has 1 aliphatic carbocycles. The molecule has 13 heavy (non-hydrogen) atoms. The Kier molecular flexibility index (Phi) is 7.69. The Morgan fingerprint density at radius 2 is 2.00 bits per heavy atom. The number of aliphatic hydroxyl groups excluding tert-OH is 1.